The summed E-state index contributed by atoms with van der Waals surface area (Å²) in [5, 5.41) is 3.49. The van der Waals surface area contributed by atoms with Gasteiger partial charge in [-0.3, -0.25) is 0 Å². The Balaban J connectivity index is 1.65. The third-order valence-electron chi connectivity index (χ3n) is 4.80. The highest BCUT2D eigenvalue weighted by atomic mass is 16.5. The lowest BCUT2D eigenvalue weighted by molar-refractivity contribution is 0.108. The molecule has 1 aliphatic carbocycles. The normalized spacial score (nSPS) is 21.4. The van der Waals surface area contributed by atoms with Crippen molar-refractivity contribution in [2.45, 2.75) is 31.6 Å². The minimum Gasteiger partial charge on any atom is -0.376 e. The van der Waals surface area contributed by atoms with Crippen molar-refractivity contribution in [2.24, 2.45) is 0 Å². The van der Waals surface area contributed by atoms with E-state index in [0.29, 0.717) is 13.2 Å². The van der Waals surface area contributed by atoms with Crippen LogP contribution in [0.5, 0.6) is 0 Å². The fourth-order valence-electron chi connectivity index (χ4n) is 3.37. The molecular weight excluding hydrogens is 326 g/mol. The van der Waals surface area contributed by atoms with E-state index in [1.807, 2.05) is 36.4 Å². The van der Waals surface area contributed by atoms with Gasteiger partial charge < -0.3 is 14.8 Å². The zero-order valence-corrected chi connectivity index (χ0v) is 14.9. The maximum Gasteiger partial charge on any atom is 0.140 e. The molecule has 2 unspecified atom stereocenters. The van der Waals surface area contributed by atoms with Gasteiger partial charge >= 0.3 is 0 Å². The number of aromatic nitrogens is 2. The number of ether oxygens (including phenoxy) is 2. The molecule has 0 spiro atoms. The molecule has 1 aromatic heterocycles. The maximum atomic E-state index is 5.65. The number of methoxy groups -OCH3 is 1. The molecule has 0 saturated carbocycles. The van der Waals surface area contributed by atoms with E-state index in [9.17, 15) is 0 Å². The Morgan fingerprint density at radius 2 is 2.00 bits per heavy atom. The fourth-order valence-corrected chi connectivity index (χ4v) is 3.37. The van der Waals surface area contributed by atoms with Crippen molar-refractivity contribution in [3.63, 3.8) is 0 Å². The highest BCUT2D eigenvalue weighted by Gasteiger charge is 2.26. The molecule has 5 nitrogen and oxygen atoms in total. The first-order chi connectivity index (χ1) is 12.8. The zero-order chi connectivity index (χ0) is 17.8. The summed E-state index contributed by atoms with van der Waals surface area (Å²) >= 11 is 0. The van der Waals surface area contributed by atoms with E-state index in [0.717, 1.165) is 35.9 Å². The molecular formula is C21H23N3O2. The smallest absolute Gasteiger partial charge is 0.140 e. The van der Waals surface area contributed by atoms with Crippen LogP contribution in [0.2, 0.25) is 0 Å². The minimum atomic E-state index is -0.0418. The van der Waals surface area contributed by atoms with Crippen LogP contribution in [-0.2, 0) is 29.0 Å². The van der Waals surface area contributed by atoms with Crippen LogP contribution in [0, 0.1) is 0 Å². The van der Waals surface area contributed by atoms with Gasteiger partial charge in [-0.1, -0.05) is 54.6 Å². The number of benzene rings is 1. The molecule has 26 heavy (non-hydrogen) atoms. The summed E-state index contributed by atoms with van der Waals surface area (Å²) in [4.78, 5) is 9.71. The standard InChI is InChI=1S/C21H23N3O2/c1-25-19-10-6-5-9-16(19)21-23-18-11-12-26-14-17(18)20(24-21)22-13-15-7-3-2-4-8-15/h2-10,16,19H,11-14H2,1H3,(H,22,23,24). The van der Waals surface area contributed by atoms with E-state index in [2.05, 4.69) is 23.5 Å². The lowest BCUT2D eigenvalue weighted by atomic mass is 9.96. The van der Waals surface area contributed by atoms with Crippen LogP contribution in [0.4, 0.5) is 5.82 Å². The van der Waals surface area contributed by atoms with Crippen LogP contribution in [0.3, 0.4) is 0 Å². The van der Waals surface area contributed by atoms with Crippen LogP contribution < -0.4 is 5.32 Å². The van der Waals surface area contributed by atoms with Gasteiger partial charge in [-0.05, 0) is 5.56 Å². The highest BCUT2D eigenvalue weighted by molar-refractivity contribution is 5.48. The molecule has 2 aromatic rings. The third kappa shape index (κ3) is 3.54. The van der Waals surface area contributed by atoms with Gasteiger partial charge in [-0.2, -0.15) is 0 Å². The molecule has 0 saturated heterocycles. The lowest BCUT2D eigenvalue weighted by Gasteiger charge is -2.25. The van der Waals surface area contributed by atoms with Crippen LogP contribution in [-0.4, -0.2) is 29.8 Å². The maximum absolute atomic E-state index is 5.65. The number of nitrogens with one attached hydrogen (secondary N) is 1. The Kier molecular flexibility index (Phi) is 5.09. The van der Waals surface area contributed by atoms with Crippen molar-refractivity contribution in [1.29, 1.82) is 0 Å². The molecule has 0 fully saturated rings. The molecule has 1 N–H and O–H groups in total. The van der Waals surface area contributed by atoms with Gasteiger partial charge in [-0.15, -0.1) is 0 Å². The van der Waals surface area contributed by atoms with Crippen molar-refractivity contribution in [2.75, 3.05) is 19.0 Å². The first kappa shape index (κ1) is 16.9. The molecule has 2 atom stereocenters. The summed E-state index contributed by atoms with van der Waals surface area (Å²) in [5.74, 6) is 1.69. The number of allylic oxidation sites excluding steroid dienone is 2. The Hall–Kier alpha value is -2.50. The highest BCUT2D eigenvalue weighted by Crippen LogP contribution is 2.29. The van der Waals surface area contributed by atoms with Gasteiger partial charge in [0.05, 0.1) is 30.9 Å². The van der Waals surface area contributed by atoms with E-state index in [-0.39, 0.29) is 12.0 Å². The molecule has 2 heterocycles. The molecule has 0 amide bonds. The minimum absolute atomic E-state index is 0.0235. The Morgan fingerprint density at radius 1 is 1.15 bits per heavy atom. The SMILES string of the molecule is COC1C=CC=CC1c1nc2c(c(NCc3ccccc3)n1)COCC2. The first-order valence-electron chi connectivity index (χ1n) is 8.98. The van der Waals surface area contributed by atoms with E-state index < -0.39 is 0 Å². The van der Waals surface area contributed by atoms with Gasteiger partial charge in [0, 0.05) is 25.6 Å². The Labute approximate surface area is 153 Å². The fraction of sp³-hybridized carbons (Fsp3) is 0.333. The van der Waals surface area contributed by atoms with Gasteiger partial charge in [0.15, 0.2) is 0 Å². The molecule has 2 aliphatic rings. The second-order valence-electron chi connectivity index (χ2n) is 6.49. The van der Waals surface area contributed by atoms with Gasteiger partial charge in [0.2, 0.25) is 0 Å². The van der Waals surface area contributed by atoms with Crippen molar-refractivity contribution >= 4 is 5.82 Å². The summed E-state index contributed by atoms with van der Waals surface area (Å²) in [5.41, 5.74) is 3.36. The number of nitrogens with zero attached hydrogens (tertiary/aromatic N) is 2. The number of fused-ring (bicyclic) bond motifs is 1. The van der Waals surface area contributed by atoms with Gasteiger partial charge in [0.1, 0.15) is 11.6 Å². The molecule has 134 valence electrons. The summed E-state index contributed by atoms with van der Waals surface area (Å²) in [6.07, 6.45) is 8.97. The molecule has 4 rings (SSSR count). The van der Waals surface area contributed by atoms with Gasteiger partial charge in [-0.25, -0.2) is 9.97 Å². The summed E-state index contributed by atoms with van der Waals surface area (Å²) in [7, 11) is 1.72. The summed E-state index contributed by atoms with van der Waals surface area (Å²) < 4.78 is 11.3. The van der Waals surface area contributed by atoms with Crippen LogP contribution in [0.25, 0.3) is 0 Å². The summed E-state index contributed by atoms with van der Waals surface area (Å²) in [6, 6.07) is 10.3. The second-order valence-corrected chi connectivity index (χ2v) is 6.49. The predicted octanol–water partition coefficient (Wildman–Crippen LogP) is 3.39. The van der Waals surface area contributed by atoms with Crippen LogP contribution >= 0.6 is 0 Å². The molecule has 0 radical (unpaired) electrons. The largest absolute Gasteiger partial charge is 0.376 e. The zero-order valence-electron chi connectivity index (χ0n) is 14.9. The van der Waals surface area contributed by atoms with Gasteiger partial charge in [0.25, 0.3) is 0 Å². The quantitative estimate of drug-likeness (QED) is 0.897. The topological polar surface area (TPSA) is 56.3 Å². The average Bonchev–Trinajstić information content (AvgIpc) is 2.72. The molecule has 0 bridgehead atoms. The molecule has 5 heteroatoms. The Bertz CT molecular complexity index is 818. The predicted molar refractivity (Wildman–Crippen MR) is 101 cm³/mol. The first-order valence-corrected chi connectivity index (χ1v) is 8.98. The molecule has 1 aromatic carbocycles. The number of hydrogen-bond donors (Lipinski definition) is 1. The van der Waals surface area contributed by atoms with E-state index >= 15 is 0 Å². The number of hydrogen-bond acceptors (Lipinski definition) is 5. The average molecular weight is 349 g/mol. The third-order valence-corrected chi connectivity index (χ3v) is 4.80. The van der Waals surface area contributed by atoms with E-state index in [4.69, 9.17) is 19.4 Å². The summed E-state index contributed by atoms with van der Waals surface area (Å²) in [6.45, 7) is 1.98. The molecule has 1 aliphatic heterocycles. The lowest BCUT2D eigenvalue weighted by Crippen LogP contribution is -2.24. The van der Waals surface area contributed by atoms with Crippen molar-refractivity contribution < 1.29 is 9.47 Å². The van der Waals surface area contributed by atoms with Crippen molar-refractivity contribution in [1.82, 2.24) is 9.97 Å². The van der Waals surface area contributed by atoms with E-state index in [1.54, 1.807) is 7.11 Å². The van der Waals surface area contributed by atoms with Crippen molar-refractivity contribution in [3.05, 3.63) is 77.3 Å². The van der Waals surface area contributed by atoms with Crippen molar-refractivity contribution in [3.8, 4) is 0 Å². The van der Waals surface area contributed by atoms with Crippen LogP contribution in [0.15, 0.2) is 54.6 Å². The Morgan fingerprint density at radius 3 is 2.85 bits per heavy atom. The van der Waals surface area contributed by atoms with E-state index in [1.165, 1.54) is 5.56 Å². The number of anilines is 1. The monoisotopic (exact) mass is 349 g/mol. The second kappa shape index (κ2) is 7.81. The van der Waals surface area contributed by atoms with Crippen LogP contribution in [0.1, 0.15) is 28.6 Å². The number of rotatable bonds is 5.